The molecule has 8 heavy (non-hydrogen) atoms. The Balaban J connectivity index is 0.000000222. The van der Waals surface area contributed by atoms with E-state index in [1.807, 2.05) is 0 Å². The van der Waals surface area contributed by atoms with Crippen LogP contribution in [-0.2, 0) is 4.74 Å². The van der Waals surface area contributed by atoms with Gasteiger partial charge in [0.1, 0.15) is 0 Å². The third-order valence-corrected chi connectivity index (χ3v) is 1.01. The summed E-state index contributed by atoms with van der Waals surface area (Å²) in [6.45, 7) is 3.20. The molecule has 0 aliphatic carbocycles. The van der Waals surface area contributed by atoms with Crippen molar-refractivity contribution >= 4 is 0 Å². The smallest absolute Gasteiger partial charge is 0.0809 e. The van der Waals surface area contributed by atoms with E-state index in [4.69, 9.17) is 9.84 Å². The minimum atomic E-state index is 0.648. The molecule has 0 aromatic heterocycles. The zero-order valence-corrected chi connectivity index (χ0v) is 5.55. The Kier molecular flexibility index (Phi) is 5.01. The average Bonchev–Trinajstić information content (AvgIpc) is 2.57. The number of aliphatic hydroxyl groups is 1. The molecule has 1 unspecified atom stereocenters. The molecule has 1 aliphatic rings. The van der Waals surface area contributed by atoms with E-state index in [9.17, 15) is 0 Å². The molecule has 2 nitrogen and oxygen atoms in total. The lowest BCUT2D eigenvalue weighted by Crippen LogP contribution is -1.78. The minimum Gasteiger partial charge on any atom is -0.400 e. The molecule has 2 heteroatoms. The van der Waals surface area contributed by atoms with E-state index >= 15 is 0 Å². The molecular formula is C6H14O2. The van der Waals surface area contributed by atoms with Crippen LogP contribution in [0, 0.1) is 0 Å². The second kappa shape index (κ2) is 5.06. The molecule has 0 aromatic rings. The van der Waals surface area contributed by atoms with Gasteiger partial charge in [0, 0.05) is 7.11 Å². The van der Waals surface area contributed by atoms with E-state index in [1.54, 1.807) is 0 Å². The van der Waals surface area contributed by atoms with E-state index in [0.29, 0.717) is 6.10 Å². The fourth-order valence-corrected chi connectivity index (χ4v) is 0.557. The van der Waals surface area contributed by atoms with Gasteiger partial charge < -0.3 is 9.84 Å². The Morgan fingerprint density at radius 1 is 1.62 bits per heavy atom. The zero-order chi connectivity index (χ0) is 6.41. The molecule has 1 heterocycles. The summed E-state index contributed by atoms with van der Waals surface area (Å²) in [4.78, 5) is 0. The largest absolute Gasteiger partial charge is 0.400 e. The number of ether oxygens (including phenoxy) is 1. The first kappa shape index (κ1) is 7.92. The average molecular weight is 118 g/mol. The van der Waals surface area contributed by atoms with Gasteiger partial charge in [-0.3, -0.25) is 0 Å². The summed E-state index contributed by atoms with van der Waals surface area (Å²) in [7, 11) is 1.00. The van der Waals surface area contributed by atoms with Crippen LogP contribution < -0.4 is 0 Å². The summed E-state index contributed by atoms with van der Waals surface area (Å²) in [5, 5.41) is 7.00. The van der Waals surface area contributed by atoms with E-state index in [-0.39, 0.29) is 0 Å². The van der Waals surface area contributed by atoms with Gasteiger partial charge in [-0.25, -0.2) is 0 Å². The van der Waals surface area contributed by atoms with Crippen molar-refractivity contribution in [3.63, 3.8) is 0 Å². The van der Waals surface area contributed by atoms with E-state index < -0.39 is 0 Å². The number of hydrogen-bond acceptors (Lipinski definition) is 2. The lowest BCUT2D eigenvalue weighted by atomic mass is 10.3. The predicted octanol–water partition coefficient (Wildman–Crippen LogP) is 0.794. The first-order valence-electron chi connectivity index (χ1n) is 3.00. The normalized spacial score (nSPS) is 23.6. The molecule has 50 valence electrons. The monoisotopic (exact) mass is 118 g/mol. The van der Waals surface area contributed by atoms with E-state index in [2.05, 4.69) is 6.92 Å². The van der Waals surface area contributed by atoms with Gasteiger partial charge >= 0.3 is 0 Å². The number of epoxide rings is 1. The summed E-state index contributed by atoms with van der Waals surface area (Å²) in [5.41, 5.74) is 0. The van der Waals surface area contributed by atoms with Gasteiger partial charge in [-0.1, -0.05) is 13.3 Å². The third-order valence-electron chi connectivity index (χ3n) is 1.01. The van der Waals surface area contributed by atoms with Crippen molar-refractivity contribution in [2.75, 3.05) is 13.7 Å². The van der Waals surface area contributed by atoms with Crippen LogP contribution in [0.15, 0.2) is 0 Å². The van der Waals surface area contributed by atoms with Crippen LogP contribution in [-0.4, -0.2) is 24.9 Å². The van der Waals surface area contributed by atoms with Gasteiger partial charge in [-0.2, -0.15) is 0 Å². The van der Waals surface area contributed by atoms with E-state index in [1.165, 1.54) is 12.8 Å². The summed E-state index contributed by atoms with van der Waals surface area (Å²) in [6.07, 6.45) is 3.18. The second-order valence-corrected chi connectivity index (χ2v) is 1.74. The highest BCUT2D eigenvalue weighted by atomic mass is 16.6. The topological polar surface area (TPSA) is 32.8 Å². The Bertz CT molecular complexity index is 41.8. The predicted molar refractivity (Wildman–Crippen MR) is 32.8 cm³/mol. The molecule has 1 rings (SSSR count). The van der Waals surface area contributed by atoms with Crippen LogP contribution in [0.3, 0.4) is 0 Å². The van der Waals surface area contributed by atoms with Crippen LogP contribution >= 0.6 is 0 Å². The molecule has 0 radical (unpaired) electrons. The summed E-state index contributed by atoms with van der Waals surface area (Å²) in [6, 6.07) is 0. The molecule has 0 spiro atoms. The quantitative estimate of drug-likeness (QED) is 0.544. The molecule has 1 N–H and O–H groups in total. The van der Waals surface area contributed by atoms with Crippen LogP contribution in [0.4, 0.5) is 0 Å². The van der Waals surface area contributed by atoms with Gasteiger partial charge in [-0.15, -0.1) is 0 Å². The van der Waals surface area contributed by atoms with E-state index in [0.717, 1.165) is 13.7 Å². The van der Waals surface area contributed by atoms with Crippen molar-refractivity contribution in [1.82, 2.24) is 0 Å². The van der Waals surface area contributed by atoms with Gasteiger partial charge in [0.15, 0.2) is 0 Å². The lowest BCUT2D eigenvalue weighted by molar-refractivity contribution is 0.395. The standard InChI is InChI=1S/C5H10O.CH4O/c1-2-3-5-4-6-5;1-2/h5H,2-4H2,1H3;2H,1H3. The highest BCUT2D eigenvalue weighted by Crippen LogP contribution is 2.14. The lowest BCUT2D eigenvalue weighted by Gasteiger charge is -1.79. The van der Waals surface area contributed by atoms with Crippen molar-refractivity contribution in [3.05, 3.63) is 0 Å². The van der Waals surface area contributed by atoms with Crippen molar-refractivity contribution in [2.45, 2.75) is 25.9 Å². The van der Waals surface area contributed by atoms with Crippen LogP contribution in [0.5, 0.6) is 0 Å². The van der Waals surface area contributed by atoms with Crippen LogP contribution in [0.25, 0.3) is 0 Å². The van der Waals surface area contributed by atoms with Crippen molar-refractivity contribution in [1.29, 1.82) is 0 Å². The summed E-state index contributed by atoms with van der Waals surface area (Å²) in [5.74, 6) is 0. The molecule has 1 aliphatic heterocycles. The van der Waals surface area contributed by atoms with Crippen LogP contribution in [0.1, 0.15) is 19.8 Å². The number of hydrogen-bond donors (Lipinski definition) is 1. The molecule has 0 bridgehead atoms. The molecule has 1 atom stereocenters. The SMILES string of the molecule is CCCC1CO1.CO. The van der Waals surface area contributed by atoms with Gasteiger partial charge in [-0.05, 0) is 6.42 Å². The first-order chi connectivity index (χ1) is 3.93. The fourth-order valence-electron chi connectivity index (χ4n) is 0.557. The minimum absolute atomic E-state index is 0.648. The highest BCUT2D eigenvalue weighted by molar-refractivity contribution is 4.66. The van der Waals surface area contributed by atoms with Crippen molar-refractivity contribution in [3.8, 4) is 0 Å². The summed E-state index contributed by atoms with van der Waals surface area (Å²) >= 11 is 0. The van der Waals surface area contributed by atoms with Crippen molar-refractivity contribution < 1.29 is 9.84 Å². The van der Waals surface area contributed by atoms with Gasteiger partial charge in [0.05, 0.1) is 12.7 Å². The Morgan fingerprint density at radius 3 is 2.25 bits per heavy atom. The molecular weight excluding hydrogens is 104 g/mol. The van der Waals surface area contributed by atoms with Gasteiger partial charge in [0.25, 0.3) is 0 Å². The molecule has 0 amide bonds. The second-order valence-electron chi connectivity index (χ2n) is 1.74. The molecule has 1 saturated heterocycles. The Labute approximate surface area is 50.5 Å². The maximum atomic E-state index is 7.00. The Hall–Kier alpha value is -0.0800. The maximum Gasteiger partial charge on any atom is 0.0809 e. The first-order valence-corrected chi connectivity index (χ1v) is 3.00. The maximum absolute atomic E-state index is 7.00. The molecule has 0 aromatic carbocycles. The van der Waals surface area contributed by atoms with Crippen molar-refractivity contribution in [2.24, 2.45) is 0 Å². The highest BCUT2D eigenvalue weighted by Gasteiger charge is 2.19. The van der Waals surface area contributed by atoms with Crippen LogP contribution in [0.2, 0.25) is 0 Å². The molecule has 0 saturated carbocycles. The summed E-state index contributed by atoms with van der Waals surface area (Å²) < 4.78 is 4.95. The number of aliphatic hydroxyl groups excluding tert-OH is 1. The Morgan fingerprint density at radius 2 is 2.12 bits per heavy atom. The fraction of sp³-hybridized carbons (Fsp3) is 1.00. The van der Waals surface area contributed by atoms with Gasteiger partial charge in [0.2, 0.25) is 0 Å². The number of rotatable bonds is 2. The third kappa shape index (κ3) is 4.09. The molecule has 1 fully saturated rings. The zero-order valence-electron chi connectivity index (χ0n) is 5.55.